The van der Waals surface area contributed by atoms with Crippen LogP contribution in [0.25, 0.3) is 0 Å². The van der Waals surface area contributed by atoms with Gasteiger partial charge in [0, 0.05) is 12.6 Å². The summed E-state index contributed by atoms with van der Waals surface area (Å²) in [6, 6.07) is 22.7. The lowest BCUT2D eigenvalue weighted by Crippen LogP contribution is -2.29. The van der Waals surface area contributed by atoms with Gasteiger partial charge in [-0.05, 0) is 55.7 Å². The molecule has 0 aliphatic carbocycles. The lowest BCUT2D eigenvalue weighted by Gasteiger charge is -2.14. The molecule has 0 radical (unpaired) electrons. The van der Waals surface area contributed by atoms with Gasteiger partial charge in [0.05, 0.1) is 13.2 Å². The number of nitrogens with zero attached hydrogens (tertiary/aromatic N) is 2. The second-order valence-electron chi connectivity index (χ2n) is 11.2. The number of hydrogen-bond donors (Lipinski definition) is 1. The molecule has 0 unspecified atom stereocenters. The van der Waals surface area contributed by atoms with Gasteiger partial charge < -0.3 is 14.2 Å². The number of hydrogen-bond acceptors (Lipinski definition) is 8. The lowest BCUT2D eigenvalue weighted by atomic mass is 10.1. The molecule has 2 heterocycles. The van der Waals surface area contributed by atoms with Gasteiger partial charge in [-0.3, -0.25) is 14.2 Å². The smallest absolute Gasteiger partial charge is 0.351 e. The molecule has 0 saturated carbocycles. The first-order valence-electron chi connectivity index (χ1n) is 16.1. The Bertz CT molecular complexity index is 1270. The zero-order valence-electron chi connectivity index (χ0n) is 25.7. The van der Waals surface area contributed by atoms with Crippen molar-refractivity contribution in [2.24, 2.45) is 0 Å². The fraction of sp³-hybridized carbons (Fsp3) is 0.514. The number of aryl methyl sites for hydroxylation is 2. The first-order chi connectivity index (χ1) is 21.7. The van der Waals surface area contributed by atoms with E-state index in [9.17, 15) is 9.59 Å². The van der Waals surface area contributed by atoms with Gasteiger partial charge in [0.1, 0.15) is 6.61 Å². The predicted octanol–water partition coefficient (Wildman–Crippen LogP) is 6.78. The molecule has 9 heteroatoms. The Morgan fingerprint density at radius 2 is 1.43 bits per heavy atom. The van der Waals surface area contributed by atoms with E-state index in [2.05, 4.69) is 59.0 Å². The van der Waals surface area contributed by atoms with Crippen molar-refractivity contribution in [3.63, 3.8) is 0 Å². The molecule has 1 aliphatic heterocycles. The van der Waals surface area contributed by atoms with Crippen molar-refractivity contribution in [3.05, 3.63) is 94.5 Å². The molecule has 1 fully saturated rings. The van der Waals surface area contributed by atoms with E-state index in [1.54, 1.807) is 12.3 Å². The van der Waals surface area contributed by atoms with Crippen LogP contribution in [0, 0.1) is 0 Å². The van der Waals surface area contributed by atoms with Crippen molar-refractivity contribution in [2.75, 3.05) is 25.3 Å². The summed E-state index contributed by atoms with van der Waals surface area (Å²) in [5.41, 5.74) is 5.04. The average molecular weight is 606 g/mol. The molecule has 238 valence electrons. The maximum Gasteiger partial charge on any atom is 0.351 e. The van der Waals surface area contributed by atoms with Gasteiger partial charge in [-0.2, -0.15) is 4.98 Å². The van der Waals surface area contributed by atoms with E-state index in [0.717, 1.165) is 57.8 Å². The Morgan fingerprint density at radius 3 is 2.09 bits per heavy atom. The van der Waals surface area contributed by atoms with Gasteiger partial charge in [0.15, 0.2) is 18.3 Å². The fourth-order valence-electron chi connectivity index (χ4n) is 5.18. The SMILES string of the molecule is O=C(CCCCCCCc1ccccc1)OC[C@H]1OC[C@@H](n2ccc(NOCCCCCCCc3ccccc3)nc2=O)O1. The molecule has 1 aromatic heterocycles. The molecular formula is C35H47N3O6. The highest BCUT2D eigenvalue weighted by Gasteiger charge is 2.29. The van der Waals surface area contributed by atoms with E-state index >= 15 is 0 Å². The second kappa shape index (κ2) is 19.7. The highest BCUT2D eigenvalue weighted by Crippen LogP contribution is 2.20. The number of unbranched alkanes of at least 4 members (excludes halogenated alkanes) is 8. The van der Waals surface area contributed by atoms with E-state index in [4.69, 9.17) is 19.0 Å². The average Bonchev–Trinajstić information content (AvgIpc) is 3.52. The number of rotatable bonds is 21. The molecule has 0 spiro atoms. The van der Waals surface area contributed by atoms with Crippen molar-refractivity contribution in [2.45, 2.75) is 96.0 Å². The first-order valence-corrected chi connectivity index (χ1v) is 16.1. The summed E-state index contributed by atoms with van der Waals surface area (Å²) in [4.78, 5) is 34.2. The topological polar surface area (TPSA) is 101 Å². The third kappa shape index (κ3) is 12.6. The Morgan fingerprint density at radius 1 is 0.818 bits per heavy atom. The number of carbonyl (C=O) groups excluding carboxylic acids is 1. The van der Waals surface area contributed by atoms with Gasteiger partial charge >= 0.3 is 11.7 Å². The first kappa shape index (κ1) is 33.4. The molecule has 0 bridgehead atoms. The van der Waals surface area contributed by atoms with Crippen LogP contribution < -0.4 is 11.2 Å². The highest BCUT2D eigenvalue weighted by atomic mass is 16.7. The van der Waals surface area contributed by atoms with Gasteiger partial charge in [-0.25, -0.2) is 10.3 Å². The maximum atomic E-state index is 12.6. The number of benzene rings is 2. The van der Waals surface area contributed by atoms with Crippen LogP contribution in [0.4, 0.5) is 5.82 Å². The number of nitrogens with one attached hydrogen (secondary N) is 1. The Kier molecular flexibility index (Phi) is 14.9. The van der Waals surface area contributed by atoms with Crippen LogP contribution in [-0.2, 0) is 36.7 Å². The largest absolute Gasteiger partial charge is 0.460 e. The predicted molar refractivity (Wildman–Crippen MR) is 170 cm³/mol. The molecule has 1 saturated heterocycles. The van der Waals surface area contributed by atoms with E-state index < -0.39 is 18.2 Å². The van der Waals surface area contributed by atoms with E-state index in [0.29, 0.717) is 18.8 Å². The summed E-state index contributed by atoms with van der Waals surface area (Å²) in [7, 11) is 0. The zero-order chi connectivity index (χ0) is 30.7. The summed E-state index contributed by atoms with van der Waals surface area (Å²) in [6.45, 7) is 0.703. The molecule has 2 atom stereocenters. The van der Waals surface area contributed by atoms with Gasteiger partial charge in [0.2, 0.25) is 0 Å². The molecule has 44 heavy (non-hydrogen) atoms. The molecule has 1 N–H and O–H groups in total. The van der Waals surface area contributed by atoms with E-state index in [1.165, 1.54) is 35.0 Å². The molecule has 3 aromatic rings. The highest BCUT2D eigenvalue weighted by molar-refractivity contribution is 5.69. The van der Waals surface area contributed by atoms with Crippen LogP contribution in [0.5, 0.6) is 0 Å². The van der Waals surface area contributed by atoms with Crippen LogP contribution >= 0.6 is 0 Å². The molecule has 9 nitrogen and oxygen atoms in total. The van der Waals surface area contributed by atoms with Gasteiger partial charge in [0.25, 0.3) is 0 Å². The molecule has 0 amide bonds. The fourth-order valence-corrected chi connectivity index (χ4v) is 5.18. The summed E-state index contributed by atoms with van der Waals surface area (Å²) in [6.07, 6.45) is 13.7. The minimum absolute atomic E-state index is 0.00487. The van der Waals surface area contributed by atoms with Gasteiger partial charge in [-0.1, -0.05) is 99.2 Å². The van der Waals surface area contributed by atoms with Crippen molar-refractivity contribution < 1.29 is 23.8 Å². The van der Waals surface area contributed by atoms with Crippen LogP contribution in [0.2, 0.25) is 0 Å². The van der Waals surface area contributed by atoms with Gasteiger partial charge in [-0.15, -0.1) is 0 Å². The minimum atomic E-state index is -0.715. The number of ether oxygens (including phenoxy) is 3. The number of aromatic nitrogens is 2. The van der Waals surface area contributed by atoms with Crippen LogP contribution in [-0.4, -0.2) is 41.6 Å². The Balaban J connectivity index is 1.00. The quantitative estimate of drug-likeness (QED) is 0.0806. The van der Waals surface area contributed by atoms with E-state index in [1.807, 2.05) is 12.1 Å². The normalized spacial score (nSPS) is 16.2. The molecule has 1 aliphatic rings. The second-order valence-corrected chi connectivity index (χ2v) is 11.2. The van der Waals surface area contributed by atoms with Crippen molar-refractivity contribution in [1.29, 1.82) is 0 Å². The maximum absolute atomic E-state index is 12.6. The monoisotopic (exact) mass is 605 g/mol. The number of esters is 1. The third-order valence-corrected chi connectivity index (χ3v) is 7.67. The van der Waals surface area contributed by atoms with Crippen LogP contribution in [0.3, 0.4) is 0 Å². The van der Waals surface area contributed by atoms with Crippen molar-refractivity contribution in [3.8, 4) is 0 Å². The molecule has 2 aromatic carbocycles. The number of anilines is 1. The molecular weight excluding hydrogens is 558 g/mol. The number of carbonyl (C=O) groups is 1. The Hall–Kier alpha value is -3.53. The van der Waals surface area contributed by atoms with Crippen molar-refractivity contribution in [1.82, 2.24) is 9.55 Å². The van der Waals surface area contributed by atoms with E-state index in [-0.39, 0.29) is 19.2 Å². The molecule has 4 rings (SSSR count). The van der Waals surface area contributed by atoms with Crippen LogP contribution in [0.15, 0.2) is 77.7 Å². The summed E-state index contributed by atoms with van der Waals surface area (Å²) in [5.74, 6) is 0.0805. The van der Waals surface area contributed by atoms with Crippen LogP contribution in [0.1, 0.15) is 88.0 Å². The van der Waals surface area contributed by atoms with Crippen molar-refractivity contribution >= 4 is 11.8 Å². The lowest BCUT2D eigenvalue weighted by molar-refractivity contribution is -0.159. The zero-order valence-corrected chi connectivity index (χ0v) is 25.7. The third-order valence-electron chi connectivity index (χ3n) is 7.67. The minimum Gasteiger partial charge on any atom is -0.460 e. The Labute approximate surface area is 260 Å². The summed E-state index contributed by atoms with van der Waals surface area (Å²) < 4.78 is 18.1. The summed E-state index contributed by atoms with van der Waals surface area (Å²) in [5, 5.41) is 0. The summed E-state index contributed by atoms with van der Waals surface area (Å²) >= 11 is 0. The standard InChI is InChI=1S/C35H47N3O6/c39-33(23-15-5-1-3-9-17-29-19-11-7-12-20-29)41-28-34-42-27-32(44-34)38-25-24-31(36-35(38)40)37-43-26-16-6-2-4-10-18-30-21-13-8-14-22-30/h7-8,11-14,19-22,24-25,32,34H,1-6,9-10,15-18,23,26-28H2,(H,36,37,40)/t32-,34-/m0/s1.